The number of aryl methyl sites for hydroxylation is 1. The first-order valence-corrected chi connectivity index (χ1v) is 8.18. The minimum atomic E-state index is 0.0710. The number of methoxy groups -OCH3 is 1. The maximum absolute atomic E-state index is 5.85. The average molecular weight is 315 g/mol. The van der Waals surface area contributed by atoms with Crippen LogP contribution in [0.4, 0.5) is 0 Å². The summed E-state index contributed by atoms with van der Waals surface area (Å²) >= 11 is 0. The molecule has 5 nitrogen and oxygen atoms in total. The van der Waals surface area contributed by atoms with Crippen LogP contribution in [0.1, 0.15) is 42.4 Å². The number of hydrogen-bond acceptors (Lipinski definition) is 4. The zero-order valence-corrected chi connectivity index (χ0v) is 14.0. The number of benzene rings is 1. The summed E-state index contributed by atoms with van der Waals surface area (Å²) in [4.78, 5) is 7.52. The van der Waals surface area contributed by atoms with Crippen LogP contribution < -0.4 is 10.1 Å². The number of nitrogens with one attached hydrogen (secondary N) is 2. The van der Waals surface area contributed by atoms with Gasteiger partial charge in [-0.1, -0.05) is 6.07 Å². The van der Waals surface area contributed by atoms with Gasteiger partial charge in [-0.2, -0.15) is 0 Å². The first-order valence-electron chi connectivity index (χ1n) is 8.18. The van der Waals surface area contributed by atoms with Gasteiger partial charge >= 0.3 is 0 Å². The molecule has 3 atom stereocenters. The molecule has 1 aliphatic heterocycles. The third kappa shape index (κ3) is 3.57. The van der Waals surface area contributed by atoms with Crippen LogP contribution >= 0.6 is 0 Å². The number of imidazole rings is 1. The second-order valence-electron chi connectivity index (χ2n) is 6.17. The van der Waals surface area contributed by atoms with E-state index in [2.05, 4.69) is 41.3 Å². The SMILES string of the molecule is COc1ccc(C(C)NC[C@@H]2CCO[C@H]2c2ncc[nH]2)c(C)c1. The van der Waals surface area contributed by atoms with Crippen LogP contribution in [0.15, 0.2) is 30.6 Å². The van der Waals surface area contributed by atoms with Gasteiger partial charge in [-0.3, -0.25) is 0 Å². The van der Waals surface area contributed by atoms with Crippen molar-refractivity contribution in [2.45, 2.75) is 32.4 Å². The van der Waals surface area contributed by atoms with E-state index in [9.17, 15) is 0 Å². The lowest BCUT2D eigenvalue weighted by molar-refractivity contribution is 0.0834. The highest BCUT2D eigenvalue weighted by Crippen LogP contribution is 2.32. The summed E-state index contributed by atoms with van der Waals surface area (Å²) in [7, 11) is 1.70. The largest absolute Gasteiger partial charge is 0.497 e. The summed E-state index contributed by atoms with van der Waals surface area (Å²) < 4.78 is 11.1. The second-order valence-corrected chi connectivity index (χ2v) is 6.17. The third-order valence-electron chi connectivity index (χ3n) is 4.63. The highest BCUT2D eigenvalue weighted by Gasteiger charge is 2.31. The molecule has 1 aliphatic rings. The van der Waals surface area contributed by atoms with Crippen LogP contribution in [-0.4, -0.2) is 30.2 Å². The van der Waals surface area contributed by atoms with Crippen molar-refractivity contribution in [3.8, 4) is 5.75 Å². The molecule has 0 aliphatic carbocycles. The van der Waals surface area contributed by atoms with Gasteiger partial charge in [0.2, 0.25) is 0 Å². The second kappa shape index (κ2) is 7.15. The molecule has 0 saturated carbocycles. The summed E-state index contributed by atoms with van der Waals surface area (Å²) in [5, 5.41) is 3.65. The van der Waals surface area contributed by atoms with Crippen molar-refractivity contribution < 1.29 is 9.47 Å². The minimum absolute atomic E-state index is 0.0710. The van der Waals surface area contributed by atoms with Gasteiger partial charge in [0.05, 0.1) is 7.11 Å². The zero-order valence-electron chi connectivity index (χ0n) is 14.0. The molecule has 0 radical (unpaired) electrons. The van der Waals surface area contributed by atoms with E-state index in [0.29, 0.717) is 12.0 Å². The number of aromatic amines is 1. The third-order valence-corrected chi connectivity index (χ3v) is 4.63. The Morgan fingerprint density at radius 3 is 3.04 bits per heavy atom. The van der Waals surface area contributed by atoms with Gasteiger partial charge < -0.3 is 19.8 Å². The molecule has 23 heavy (non-hydrogen) atoms. The first kappa shape index (κ1) is 16.0. The van der Waals surface area contributed by atoms with Crippen LogP contribution in [-0.2, 0) is 4.74 Å². The zero-order chi connectivity index (χ0) is 16.2. The standard InChI is InChI=1S/C18H25N3O2/c1-12-10-15(22-3)4-5-16(12)13(2)21-11-14-6-9-23-17(14)18-19-7-8-20-18/h4-5,7-8,10,13-14,17,21H,6,9,11H2,1-3H3,(H,19,20)/t13?,14-,17+/m0/s1. The predicted octanol–water partition coefficient (Wildman–Crippen LogP) is 3.16. The van der Waals surface area contributed by atoms with E-state index in [1.54, 1.807) is 13.3 Å². The number of hydrogen-bond donors (Lipinski definition) is 2. The molecule has 2 aromatic rings. The number of aromatic nitrogens is 2. The van der Waals surface area contributed by atoms with Crippen molar-refractivity contribution >= 4 is 0 Å². The van der Waals surface area contributed by atoms with E-state index in [1.165, 1.54) is 11.1 Å². The molecule has 0 bridgehead atoms. The van der Waals surface area contributed by atoms with Crippen molar-refractivity contribution in [3.63, 3.8) is 0 Å². The number of nitrogens with zero attached hydrogens (tertiary/aromatic N) is 1. The molecule has 0 spiro atoms. The first-order chi connectivity index (χ1) is 11.2. The lowest BCUT2D eigenvalue weighted by Crippen LogP contribution is -2.28. The smallest absolute Gasteiger partial charge is 0.135 e. The Labute approximate surface area is 137 Å². The van der Waals surface area contributed by atoms with Crippen molar-refractivity contribution in [1.29, 1.82) is 0 Å². The summed E-state index contributed by atoms with van der Waals surface area (Å²) in [5.41, 5.74) is 2.55. The maximum atomic E-state index is 5.85. The van der Waals surface area contributed by atoms with E-state index in [4.69, 9.17) is 9.47 Å². The number of ether oxygens (including phenoxy) is 2. The van der Waals surface area contributed by atoms with Crippen LogP contribution in [0.25, 0.3) is 0 Å². The molecule has 2 heterocycles. The Morgan fingerprint density at radius 2 is 2.35 bits per heavy atom. The topological polar surface area (TPSA) is 59.2 Å². The molecule has 0 amide bonds. The highest BCUT2D eigenvalue weighted by molar-refractivity contribution is 5.36. The fourth-order valence-corrected chi connectivity index (χ4v) is 3.28. The van der Waals surface area contributed by atoms with Gasteiger partial charge in [-0.15, -0.1) is 0 Å². The number of rotatable bonds is 6. The number of H-pyrrole nitrogens is 1. The van der Waals surface area contributed by atoms with Crippen molar-refractivity contribution in [2.75, 3.05) is 20.3 Å². The molecule has 1 saturated heterocycles. The quantitative estimate of drug-likeness (QED) is 0.860. The van der Waals surface area contributed by atoms with E-state index >= 15 is 0 Å². The fourth-order valence-electron chi connectivity index (χ4n) is 3.28. The van der Waals surface area contributed by atoms with Crippen LogP contribution in [0.2, 0.25) is 0 Å². The molecule has 1 aromatic carbocycles. The van der Waals surface area contributed by atoms with Crippen LogP contribution in [0.5, 0.6) is 5.75 Å². The molecule has 1 aromatic heterocycles. The summed E-state index contributed by atoms with van der Waals surface area (Å²) in [6, 6.07) is 6.53. The summed E-state index contributed by atoms with van der Waals surface area (Å²) in [6.45, 7) is 6.04. The Kier molecular flexibility index (Phi) is 4.98. The fraction of sp³-hybridized carbons (Fsp3) is 0.500. The van der Waals surface area contributed by atoms with E-state index in [0.717, 1.165) is 31.1 Å². The molecule has 1 unspecified atom stereocenters. The van der Waals surface area contributed by atoms with Gasteiger partial charge in [0.25, 0.3) is 0 Å². The molecule has 5 heteroatoms. The molecule has 3 rings (SSSR count). The van der Waals surface area contributed by atoms with Crippen molar-refractivity contribution in [1.82, 2.24) is 15.3 Å². The monoisotopic (exact) mass is 315 g/mol. The minimum Gasteiger partial charge on any atom is -0.497 e. The van der Waals surface area contributed by atoms with Gasteiger partial charge in [0.1, 0.15) is 17.7 Å². The molecular weight excluding hydrogens is 290 g/mol. The van der Waals surface area contributed by atoms with Gasteiger partial charge in [0, 0.05) is 37.5 Å². The lowest BCUT2D eigenvalue weighted by atomic mass is 9.98. The van der Waals surface area contributed by atoms with Gasteiger partial charge in [-0.25, -0.2) is 4.98 Å². The van der Waals surface area contributed by atoms with Gasteiger partial charge in [0.15, 0.2) is 0 Å². The van der Waals surface area contributed by atoms with E-state index in [1.807, 2.05) is 12.3 Å². The molecule has 1 fully saturated rings. The Bertz CT molecular complexity index is 627. The molecule has 124 valence electrons. The Balaban J connectivity index is 1.61. The highest BCUT2D eigenvalue weighted by atomic mass is 16.5. The average Bonchev–Trinajstić information content (AvgIpc) is 3.23. The lowest BCUT2D eigenvalue weighted by Gasteiger charge is -2.22. The maximum Gasteiger partial charge on any atom is 0.135 e. The van der Waals surface area contributed by atoms with Crippen molar-refractivity contribution in [2.24, 2.45) is 5.92 Å². The van der Waals surface area contributed by atoms with E-state index in [-0.39, 0.29) is 6.10 Å². The van der Waals surface area contributed by atoms with Crippen LogP contribution in [0.3, 0.4) is 0 Å². The predicted molar refractivity (Wildman–Crippen MR) is 89.5 cm³/mol. The summed E-state index contributed by atoms with van der Waals surface area (Å²) in [5.74, 6) is 2.28. The molecule has 2 N–H and O–H groups in total. The van der Waals surface area contributed by atoms with Crippen molar-refractivity contribution in [3.05, 3.63) is 47.5 Å². The molecular formula is C18H25N3O2. The van der Waals surface area contributed by atoms with E-state index < -0.39 is 0 Å². The normalized spacial score (nSPS) is 22.2. The van der Waals surface area contributed by atoms with Crippen LogP contribution in [0, 0.1) is 12.8 Å². The van der Waals surface area contributed by atoms with Gasteiger partial charge in [-0.05, 0) is 43.5 Å². The Morgan fingerprint density at radius 1 is 1.48 bits per heavy atom. The summed E-state index contributed by atoms with van der Waals surface area (Å²) in [6.07, 6.45) is 4.77. The Hall–Kier alpha value is -1.85.